The minimum Gasteiger partial charge on any atom is -0.284 e. The third kappa shape index (κ3) is 5.94. The molecule has 0 aliphatic rings. The molecule has 0 N–H and O–H groups in total. The van der Waals surface area contributed by atoms with Crippen LogP contribution < -0.4 is 4.90 Å². The number of para-hydroxylation sites is 1. The number of aromatic nitrogens is 2. The van der Waals surface area contributed by atoms with Crippen LogP contribution in [-0.2, 0) is 21.2 Å². The lowest BCUT2D eigenvalue weighted by molar-refractivity contribution is -0.118. The molecule has 0 spiro atoms. The maximum atomic E-state index is 13.4. The molecule has 0 aliphatic heterocycles. The number of thiazole rings is 1. The van der Waals surface area contributed by atoms with E-state index >= 15 is 0 Å². The van der Waals surface area contributed by atoms with Gasteiger partial charge < -0.3 is 0 Å². The molecule has 0 saturated heterocycles. The van der Waals surface area contributed by atoms with Crippen molar-refractivity contribution in [2.45, 2.75) is 51.0 Å². The van der Waals surface area contributed by atoms with Gasteiger partial charge in [0.2, 0.25) is 5.91 Å². The van der Waals surface area contributed by atoms with E-state index in [4.69, 9.17) is 4.98 Å². The van der Waals surface area contributed by atoms with Crippen LogP contribution in [0.2, 0.25) is 0 Å². The van der Waals surface area contributed by atoms with Crippen LogP contribution in [0.15, 0.2) is 71.9 Å². The number of aryl methyl sites for hydroxylation is 1. The van der Waals surface area contributed by atoms with Gasteiger partial charge in [-0.3, -0.25) is 14.7 Å². The van der Waals surface area contributed by atoms with E-state index in [9.17, 15) is 13.2 Å². The van der Waals surface area contributed by atoms with Crippen LogP contribution in [-0.4, -0.2) is 30.0 Å². The summed E-state index contributed by atoms with van der Waals surface area (Å²) in [6.07, 6.45) is 3.77. The summed E-state index contributed by atoms with van der Waals surface area (Å²) in [5, 5.41) is 0.614. The van der Waals surface area contributed by atoms with Crippen molar-refractivity contribution in [3.05, 3.63) is 83.7 Å². The zero-order chi connectivity index (χ0) is 25.0. The second kappa shape index (κ2) is 10.7. The highest BCUT2D eigenvalue weighted by Crippen LogP contribution is 2.34. The molecule has 0 unspecified atom stereocenters. The molecule has 6 nitrogen and oxygen atoms in total. The molecular formula is C27H29N3O3S2. The van der Waals surface area contributed by atoms with Gasteiger partial charge >= 0.3 is 0 Å². The van der Waals surface area contributed by atoms with E-state index in [2.05, 4.69) is 24.9 Å². The maximum Gasteiger partial charge on any atom is 0.229 e. The van der Waals surface area contributed by atoms with Gasteiger partial charge in [-0.2, -0.15) is 0 Å². The lowest BCUT2D eigenvalue weighted by Crippen LogP contribution is -2.30. The van der Waals surface area contributed by atoms with Crippen LogP contribution >= 0.6 is 11.3 Å². The SMILES string of the molecule is Cc1ccc(S(=O)(=O)CCCC(=O)N(Cc2cccnc2)c2nc3c(C(C)C)cccc3s2)cc1. The largest absolute Gasteiger partial charge is 0.284 e. The fourth-order valence-corrected chi connectivity index (χ4v) is 6.22. The summed E-state index contributed by atoms with van der Waals surface area (Å²) in [5.74, 6) is 0.0704. The number of hydrogen-bond acceptors (Lipinski definition) is 6. The quantitative estimate of drug-likeness (QED) is 0.281. The van der Waals surface area contributed by atoms with E-state index in [0.29, 0.717) is 17.6 Å². The number of benzene rings is 2. The molecule has 4 rings (SSSR count). The molecule has 35 heavy (non-hydrogen) atoms. The molecule has 8 heteroatoms. The molecule has 0 saturated carbocycles. The Morgan fingerprint density at radius 1 is 1.06 bits per heavy atom. The highest BCUT2D eigenvalue weighted by molar-refractivity contribution is 7.91. The first kappa shape index (κ1) is 25.0. The van der Waals surface area contributed by atoms with Crippen molar-refractivity contribution < 1.29 is 13.2 Å². The highest BCUT2D eigenvalue weighted by atomic mass is 32.2. The van der Waals surface area contributed by atoms with Crippen LogP contribution in [0.5, 0.6) is 0 Å². The molecule has 0 bridgehead atoms. The number of rotatable bonds is 9. The molecule has 2 heterocycles. The second-order valence-corrected chi connectivity index (χ2v) is 12.0. The van der Waals surface area contributed by atoms with Gasteiger partial charge in [0.05, 0.1) is 27.4 Å². The molecule has 2 aromatic carbocycles. The molecule has 4 aromatic rings. The summed E-state index contributed by atoms with van der Waals surface area (Å²) in [6, 6.07) is 16.7. The average Bonchev–Trinajstić information content (AvgIpc) is 3.27. The number of sulfone groups is 1. The van der Waals surface area contributed by atoms with E-state index < -0.39 is 9.84 Å². The summed E-state index contributed by atoms with van der Waals surface area (Å²) >= 11 is 1.48. The third-order valence-electron chi connectivity index (χ3n) is 5.84. The summed E-state index contributed by atoms with van der Waals surface area (Å²) < 4.78 is 26.5. The maximum absolute atomic E-state index is 13.4. The highest BCUT2D eigenvalue weighted by Gasteiger charge is 2.23. The van der Waals surface area contributed by atoms with Crippen molar-refractivity contribution in [1.82, 2.24) is 9.97 Å². The van der Waals surface area contributed by atoms with Crippen LogP contribution in [0.1, 0.15) is 49.3 Å². The van der Waals surface area contributed by atoms with E-state index in [1.807, 2.05) is 31.2 Å². The van der Waals surface area contributed by atoms with Gasteiger partial charge in [-0.25, -0.2) is 13.4 Å². The topological polar surface area (TPSA) is 80.2 Å². The van der Waals surface area contributed by atoms with Crippen LogP contribution in [0.3, 0.4) is 0 Å². The smallest absolute Gasteiger partial charge is 0.229 e. The average molecular weight is 508 g/mol. The summed E-state index contributed by atoms with van der Waals surface area (Å²) in [7, 11) is -3.45. The van der Waals surface area contributed by atoms with E-state index in [1.165, 1.54) is 11.3 Å². The standard InChI is InChI=1S/C27H29N3O3S2/c1-19(2)23-8-4-9-24-26(23)29-27(34-24)30(18-21-7-5-15-28-17-21)25(31)10-6-16-35(32,33)22-13-11-20(3)12-14-22/h4-5,7-9,11-15,17,19H,6,10,16,18H2,1-3H3. The number of carbonyl (C=O) groups excluding carboxylic acids is 1. The van der Waals surface area contributed by atoms with E-state index in [-0.39, 0.29) is 29.4 Å². The van der Waals surface area contributed by atoms with Crippen molar-refractivity contribution in [3.8, 4) is 0 Å². The number of nitrogens with zero attached hydrogens (tertiary/aromatic N) is 3. The van der Waals surface area contributed by atoms with Crippen LogP contribution in [0.4, 0.5) is 5.13 Å². The van der Waals surface area contributed by atoms with Crippen molar-refractivity contribution in [1.29, 1.82) is 0 Å². The number of fused-ring (bicyclic) bond motifs is 1. The minimum atomic E-state index is -3.45. The predicted octanol–water partition coefficient (Wildman–Crippen LogP) is 5.91. The van der Waals surface area contributed by atoms with Gasteiger partial charge in [-0.1, -0.05) is 61.1 Å². The minimum absolute atomic E-state index is 0.0835. The first-order valence-corrected chi connectivity index (χ1v) is 14.1. The number of hydrogen-bond donors (Lipinski definition) is 0. The number of pyridine rings is 1. The lowest BCUT2D eigenvalue weighted by Gasteiger charge is -2.20. The predicted molar refractivity (Wildman–Crippen MR) is 142 cm³/mol. The molecule has 1 amide bonds. The Labute approximate surface area is 210 Å². The monoisotopic (exact) mass is 507 g/mol. The van der Waals surface area contributed by atoms with E-state index in [0.717, 1.165) is 26.9 Å². The molecule has 0 fully saturated rings. The lowest BCUT2D eigenvalue weighted by atomic mass is 10.0. The summed E-state index contributed by atoms with van der Waals surface area (Å²) in [4.78, 5) is 24.4. The van der Waals surface area contributed by atoms with Gasteiger partial charge in [0.1, 0.15) is 0 Å². The van der Waals surface area contributed by atoms with Gasteiger partial charge in [-0.15, -0.1) is 0 Å². The molecular weight excluding hydrogens is 478 g/mol. The van der Waals surface area contributed by atoms with Gasteiger partial charge in [0, 0.05) is 18.8 Å². The Balaban J connectivity index is 1.56. The van der Waals surface area contributed by atoms with Crippen molar-refractivity contribution in [2.24, 2.45) is 0 Å². The fourth-order valence-electron chi connectivity index (χ4n) is 3.89. The van der Waals surface area contributed by atoms with Gasteiger partial charge in [0.15, 0.2) is 15.0 Å². The first-order valence-electron chi connectivity index (χ1n) is 11.6. The van der Waals surface area contributed by atoms with Gasteiger partial charge in [-0.05, 0) is 54.7 Å². The van der Waals surface area contributed by atoms with Crippen LogP contribution in [0, 0.1) is 6.92 Å². The molecule has 0 aliphatic carbocycles. The number of anilines is 1. The molecule has 0 radical (unpaired) electrons. The summed E-state index contributed by atoms with van der Waals surface area (Å²) in [6.45, 7) is 6.49. The summed E-state index contributed by atoms with van der Waals surface area (Å²) in [5.41, 5.74) is 3.94. The Morgan fingerprint density at radius 2 is 1.83 bits per heavy atom. The van der Waals surface area contributed by atoms with Crippen molar-refractivity contribution in [2.75, 3.05) is 10.7 Å². The third-order valence-corrected chi connectivity index (χ3v) is 8.70. The Hall–Kier alpha value is -3.10. The van der Waals surface area contributed by atoms with E-state index in [1.54, 1.807) is 41.6 Å². The normalized spacial score (nSPS) is 11.8. The zero-order valence-corrected chi connectivity index (χ0v) is 21.8. The zero-order valence-electron chi connectivity index (χ0n) is 20.1. The Kier molecular flexibility index (Phi) is 7.62. The van der Waals surface area contributed by atoms with Crippen LogP contribution in [0.25, 0.3) is 10.2 Å². The van der Waals surface area contributed by atoms with Crippen molar-refractivity contribution >= 4 is 42.4 Å². The Morgan fingerprint density at radius 3 is 2.51 bits per heavy atom. The number of carbonyl (C=O) groups is 1. The Bertz CT molecular complexity index is 1410. The van der Waals surface area contributed by atoms with Gasteiger partial charge in [0.25, 0.3) is 0 Å². The number of amides is 1. The molecule has 2 aromatic heterocycles. The molecule has 0 atom stereocenters. The van der Waals surface area contributed by atoms with Crippen molar-refractivity contribution in [3.63, 3.8) is 0 Å². The second-order valence-electron chi connectivity index (χ2n) is 8.92. The first-order chi connectivity index (χ1) is 16.7. The fraction of sp³-hybridized carbons (Fsp3) is 0.296. The molecule has 182 valence electrons.